The standard InChI is InChI=1S/C15H18O6/c1-15(2)20-12(14(18)21-15)11(13(16)17)9-19-8-10-6-4-3-5-7-10/h3-7,11-12H,8-9H2,1-2H3,(H,16,17)/t11?,12-/m1/s1. The molecule has 0 radical (unpaired) electrons. The number of carboxylic acids is 1. The van der Waals surface area contributed by atoms with Gasteiger partial charge in [0.15, 0.2) is 6.10 Å². The van der Waals surface area contributed by atoms with Crippen LogP contribution in [0.4, 0.5) is 0 Å². The Morgan fingerprint density at radius 1 is 1.38 bits per heavy atom. The fourth-order valence-electron chi connectivity index (χ4n) is 2.09. The third-order valence-electron chi connectivity index (χ3n) is 3.08. The van der Waals surface area contributed by atoms with Crippen LogP contribution in [0.3, 0.4) is 0 Å². The van der Waals surface area contributed by atoms with E-state index in [2.05, 4.69) is 0 Å². The van der Waals surface area contributed by atoms with Crippen molar-refractivity contribution in [2.24, 2.45) is 5.92 Å². The Morgan fingerprint density at radius 2 is 2.05 bits per heavy atom. The smallest absolute Gasteiger partial charge is 0.338 e. The summed E-state index contributed by atoms with van der Waals surface area (Å²) in [5.41, 5.74) is 0.928. The topological polar surface area (TPSA) is 82.1 Å². The lowest BCUT2D eigenvalue weighted by Crippen LogP contribution is -2.37. The molecule has 0 spiro atoms. The number of carbonyl (C=O) groups is 2. The zero-order valence-corrected chi connectivity index (χ0v) is 11.9. The first-order valence-corrected chi connectivity index (χ1v) is 6.64. The summed E-state index contributed by atoms with van der Waals surface area (Å²) in [7, 11) is 0. The van der Waals surface area contributed by atoms with Crippen LogP contribution in [0, 0.1) is 5.92 Å². The number of benzene rings is 1. The Balaban J connectivity index is 1.94. The monoisotopic (exact) mass is 294 g/mol. The van der Waals surface area contributed by atoms with E-state index in [0.29, 0.717) is 0 Å². The minimum absolute atomic E-state index is 0.125. The molecule has 6 heteroatoms. The maximum Gasteiger partial charge on any atom is 0.338 e. The second-order valence-electron chi connectivity index (χ2n) is 5.30. The Labute approximate surface area is 122 Å². The number of hydrogen-bond donors (Lipinski definition) is 1. The van der Waals surface area contributed by atoms with Gasteiger partial charge in [-0.15, -0.1) is 0 Å². The average Bonchev–Trinajstić information content (AvgIpc) is 2.68. The average molecular weight is 294 g/mol. The normalized spacial score (nSPS) is 21.8. The van der Waals surface area contributed by atoms with Gasteiger partial charge in [0.1, 0.15) is 5.92 Å². The van der Waals surface area contributed by atoms with Crippen molar-refractivity contribution in [2.75, 3.05) is 6.61 Å². The maximum atomic E-state index is 11.7. The van der Waals surface area contributed by atoms with Gasteiger partial charge in [0, 0.05) is 13.8 Å². The number of esters is 1. The van der Waals surface area contributed by atoms with Crippen LogP contribution in [0.2, 0.25) is 0 Å². The van der Waals surface area contributed by atoms with E-state index in [1.54, 1.807) is 13.8 Å². The van der Waals surface area contributed by atoms with Gasteiger partial charge in [0.2, 0.25) is 5.79 Å². The van der Waals surface area contributed by atoms with E-state index in [-0.39, 0.29) is 13.2 Å². The summed E-state index contributed by atoms with van der Waals surface area (Å²) in [6.07, 6.45) is -1.15. The van der Waals surface area contributed by atoms with Gasteiger partial charge in [0.25, 0.3) is 0 Å². The molecule has 1 saturated heterocycles. The van der Waals surface area contributed by atoms with Crippen LogP contribution in [0.25, 0.3) is 0 Å². The van der Waals surface area contributed by atoms with E-state index < -0.39 is 29.7 Å². The van der Waals surface area contributed by atoms with Crippen LogP contribution in [0.5, 0.6) is 0 Å². The molecule has 0 saturated carbocycles. The lowest BCUT2D eigenvalue weighted by Gasteiger charge is -2.19. The zero-order valence-electron chi connectivity index (χ0n) is 11.9. The summed E-state index contributed by atoms with van der Waals surface area (Å²) in [6, 6.07) is 9.37. The SMILES string of the molecule is CC1(C)OC(=O)[C@@H](C(COCc2ccccc2)C(=O)O)O1. The van der Waals surface area contributed by atoms with Crippen LogP contribution in [-0.2, 0) is 30.4 Å². The Hall–Kier alpha value is -1.92. The predicted molar refractivity (Wildman–Crippen MR) is 72.3 cm³/mol. The molecular weight excluding hydrogens is 276 g/mol. The van der Waals surface area contributed by atoms with Gasteiger partial charge in [-0.25, -0.2) is 4.79 Å². The molecule has 1 aromatic rings. The first-order chi connectivity index (χ1) is 9.89. The summed E-state index contributed by atoms with van der Waals surface area (Å²) in [5, 5.41) is 9.25. The van der Waals surface area contributed by atoms with E-state index in [0.717, 1.165) is 5.56 Å². The third kappa shape index (κ3) is 4.03. The minimum Gasteiger partial charge on any atom is -0.481 e. The molecule has 21 heavy (non-hydrogen) atoms. The molecule has 6 nitrogen and oxygen atoms in total. The molecule has 2 rings (SSSR count). The lowest BCUT2D eigenvalue weighted by atomic mass is 10.0. The van der Waals surface area contributed by atoms with Crippen LogP contribution >= 0.6 is 0 Å². The molecule has 0 bridgehead atoms. The number of carbonyl (C=O) groups excluding carboxylic acids is 1. The summed E-state index contributed by atoms with van der Waals surface area (Å²) >= 11 is 0. The highest BCUT2D eigenvalue weighted by atomic mass is 16.8. The second kappa shape index (κ2) is 6.24. The van der Waals surface area contributed by atoms with Gasteiger partial charge >= 0.3 is 11.9 Å². The molecule has 1 heterocycles. The molecule has 1 unspecified atom stereocenters. The van der Waals surface area contributed by atoms with Crippen molar-refractivity contribution in [2.45, 2.75) is 32.3 Å². The van der Waals surface area contributed by atoms with Crippen molar-refractivity contribution in [3.8, 4) is 0 Å². The predicted octanol–water partition coefficient (Wildman–Crippen LogP) is 1.58. The van der Waals surface area contributed by atoms with E-state index in [4.69, 9.17) is 14.2 Å². The maximum absolute atomic E-state index is 11.7. The van der Waals surface area contributed by atoms with E-state index in [9.17, 15) is 14.7 Å². The van der Waals surface area contributed by atoms with Gasteiger partial charge < -0.3 is 19.3 Å². The Bertz CT molecular complexity index is 510. The van der Waals surface area contributed by atoms with Crippen molar-refractivity contribution in [1.82, 2.24) is 0 Å². The molecule has 0 aliphatic carbocycles. The molecule has 1 aromatic carbocycles. The minimum atomic E-state index is -1.15. The highest BCUT2D eigenvalue weighted by molar-refractivity contribution is 5.84. The number of ether oxygens (including phenoxy) is 3. The van der Waals surface area contributed by atoms with Crippen molar-refractivity contribution < 1.29 is 28.9 Å². The summed E-state index contributed by atoms with van der Waals surface area (Å²) in [4.78, 5) is 23.0. The third-order valence-corrected chi connectivity index (χ3v) is 3.08. The molecule has 1 fully saturated rings. The van der Waals surface area contributed by atoms with Crippen LogP contribution in [0.1, 0.15) is 19.4 Å². The van der Waals surface area contributed by atoms with Crippen molar-refractivity contribution >= 4 is 11.9 Å². The molecule has 1 aliphatic rings. The van der Waals surface area contributed by atoms with Crippen LogP contribution in [-0.4, -0.2) is 35.5 Å². The fourth-order valence-corrected chi connectivity index (χ4v) is 2.09. The largest absolute Gasteiger partial charge is 0.481 e. The molecule has 114 valence electrons. The van der Waals surface area contributed by atoms with Crippen molar-refractivity contribution in [3.63, 3.8) is 0 Å². The Kier molecular flexibility index (Phi) is 4.59. The molecular formula is C15H18O6. The van der Waals surface area contributed by atoms with Crippen LogP contribution in [0.15, 0.2) is 30.3 Å². The highest BCUT2D eigenvalue weighted by Crippen LogP contribution is 2.28. The number of hydrogen-bond acceptors (Lipinski definition) is 5. The van der Waals surface area contributed by atoms with E-state index in [1.165, 1.54) is 0 Å². The van der Waals surface area contributed by atoms with Gasteiger partial charge in [-0.1, -0.05) is 30.3 Å². The molecule has 1 N–H and O–H groups in total. The summed E-state index contributed by atoms with van der Waals surface area (Å²) < 4.78 is 15.7. The first kappa shape index (κ1) is 15.5. The first-order valence-electron chi connectivity index (χ1n) is 6.64. The van der Waals surface area contributed by atoms with Gasteiger partial charge in [-0.2, -0.15) is 0 Å². The molecule has 0 aromatic heterocycles. The molecule has 0 amide bonds. The van der Waals surface area contributed by atoms with E-state index in [1.807, 2.05) is 30.3 Å². The van der Waals surface area contributed by atoms with Crippen molar-refractivity contribution in [1.29, 1.82) is 0 Å². The number of carboxylic acid groups (broad SMARTS) is 1. The van der Waals surface area contributed by atoms with E-state index >= 15 is 0 Å². The zero-order chi connectivity index (χ0) is 15.5. The van der Waals surface area contributed by atoms with Gasteiger partial charge in [0.05, 0.1) is 13.2 Å². The lowest BCUT2D eigenvalue weighted by molar-refractivity contribution is -0.165. The number of rotatable bonds is 6. The molecule has 1 aliphatic heterocycles. The fraction of sp³-hybridized carbons (Fsp3) is 0.467. The summed E-state index contributed by atoms with van der Waals surface area (Å²) in [5.74, 6) is -4.02. The second-order valence-corrected chi connectivity index (χ2v) is 5.30. The highest BCUT2D eigenvalue weighted by Gasteiger charge is 2.47. The number of aliphatic carboxylic acids is 1. The molecule has 2 atom stereocenters. The Morgan fingerprint density at radius 3 is 2.57 bits per heavy atom. The van der Waals surface area contributed by atoms with Gasteiger partial charge in [-0.05, 0) is 5.56 Å². The van der Waals surface area contributed by atoms with Crippen LogP contribution < -0.4 is 0 Å². The number of cyclic esters (lactones) is 1. The quantitative estimate of drug-likeness (QED) is 0.802. The van der Waals surface area contributed by atoms with Gasteiger partial charge in [-0.3, -0.25) is 4.79 Å². The van der Waals surface area contributed by atoms with Crippen molar-refractivity contribution in [3.05, 3.63) is 35.9 Å². The summed E-state index contributed by atoms with van der Waals surface area (Å²) in [6.45, 7) is 3.28.